The van der Waals surface area contributed by atoms with Crippen LogP contribution in [0.5, 0.6) is 0 Å². The Hall–Kier alpha value is -2.57. The summed E-state index contributed by atoms with van der Waals surface area (Å²) in [6, 6.07) is 10.4. The molecule has 8 heteroatoms. The molecular weight excluding hydrogens is 411 g/mol. The Labute approximate surface area is 179 Å². The van der Waals surface area contributed by atoms with Crippen molar-refractivity contribution in [3.8, 4) is 0 Å². The standard InChI is InChI=1S/C21H21ClN4O2.ClH/c22-15-5-6-16-14(11-15)12-19(24-16)21(28)26-18-4-2-1-3-17(18)25-20(27)13-7-9-23-10-8-13;/h5-12,17-18,24H,1-4H2,(H,25,27)(H,26,28);1H/t17-,18+;/m1./s1. The highest BCUT2D eigenvalue weighted by molar-refractivity contribution is 6.31. The minimum Gasteiger partial charge on any atom is -0.351 e. The Morgan fingerprint density at radius 3 is 2.31 bits per heavy atom. The van der Waals surface area contributed by atoms with Gasteiger partial charge in [-0.1, -0.05) is 24.4 Å². The van der Waals surface area contributed by atoms with E-state index in [0.29, 0.717) is 16.3 Å². The number of aromatic nitrogens is 2. The zero-order valence-electron chi connectivity index (χ0n) is 15.7. The van der Waals surface area contributed by atoms with E-state index in [1.807, 2.05) is 12.1 Å². The van der Waals surface area contributed by atoms with Crippen molar-refractivity contribution in [1.29, 1.82) is 0 Å². The smallest absolute Gasteiger partial charge is 0.268 e. The third kappa shape index (κ3) is 4.89. The average molecular weight is 433 g/mol. The number of rotatable bonds is 4. The number of nitrogens with zero attached hydrogens (tertiary/aromatic N) is 1. The molecule has 1 aliphatic rings. The van der Waals surface area contributed by atoms with Gasteiger partial charge in [-0.05, 0) is 49.2 Å². The first-order valence-corrected chi connectivity index (χ1v) is 9.78. The fourth-order valence-corrected chi connectivity index (χ4v) is 3.88. The Morgan fingerprint density at radius 1 is 0.966 bits per heavy atom. The minimum absolute atomic E-state index is 0. The van der Waals surface area contributed by atoms with Crippen LogP contribution in [0.2, 0.25) is 5.02 Å². The second-order valence-corrected chi connectivity index (χ2v) is 7.53. The number of hydrogen-bond acceptors (Lipinski definition) is 3. The van der Waals surface area contributed by atoms with Crippen molar-refractivity contribution >= 4 is 46.7 Å². The number of hydrogen-bond donors (Lipinski definition) is 3. The summed E-state index contributed by atoms with van der Waals surface area (Å²) in [6.45, 7) is 0. The first kappa shape index (κ1) is 21.1. The number of fused-ring (bicyclic) bond motifs is 1. The van der Waals surface area contributed by atoms with Gasteiger partial charge >= 0.3 is 0 Å². The number of nitrogens with one attached hydrogen (secondary N) is 3. The number of amides is 2. The number of aromatic amines is 1. The van der Waals surface area contributed by atoms with Gasteiger partial charge in [0.1, 0.15) is 5.69 Å². The highest BCUT2D eigenvalue weighted by Gasteiger charge is 2.28. The van der Waals surface area contributed by atoms with Crippen molar-refractivity contribution in [3.05, 3.63) is 65.1 Å². The van der Waals surface area contributed by atoms with Gasteiger partial charge in [0.25, 0.3) is 11.8 Å². The Kier molecular flexibility index (Phi) is 6.77. The largest absolute Gasteiger partial charge is 0.351 e. The van der Waals surface area contributed by atoms with Crippen LogP contribution >= 0.6 is 24.0 Å². The van der Waals surface area contributed by atoms with E-state index in [9.17, 15) is 9.59 Å². The summed E-state index contributed by atoms with van der Waals surface area (Å²) in [6.07, 6.45) is 6.91. The number of carbonyl (C=O) groups excluding carboxylic acids is 2. The van der Waals surface area contributed by atoms with Gasteiger partial charge in [-0.3, -0.25) is 14.6 Å². The summed E-state index contributed by atoms with van der Waals surface area (Å²) in [5.41, 5.74) is 1.92. The van der Waals surface area contributed by atoms with Crippen LogP contribution in [0, 0.1) is 0 Å². The van der Waals surface area contributed by atoms with Gasteiger partial charge < -0.3 is 15.6 Å². The van der Waals surface area contributed by atoms with Crippen molar-refractivity contribution in [2.45, 2.75) is 37.8 Å². The third-order valence-electron chi connectivity index (χ3n) is 5.17. The maximum atomic E-state index is 12.8. The van der Waals surface area contributed by atoms with Gasteiger partial charge in [-0.15, -0.1) is 12.4 Å². The van der Waals surface area contributed by atoms with E-state index in [1.54, 1.807) is 36.7 Å². The van der Waals surface area contributed by atoms with E-state index in [2.05, 4.69) is 20.6 Å². The van der Waals surface area contributed by atoms with E-state index >= 15 is 0 Å². The SMILES string of the molecule is Cl.O=C(N[C@@H]1CCCC[C@@H]1NC(=O)c1cc2cc(Cl)ccc2[nH]1)c1ccncc1. The number of halogens is 2. The second-order valence-electron chi connectivity index (χ2n) is 7.09. The molecule has 0 saturated heterocycles. The summed E-state index contributed by atoms with van der Waals surface area (Å²) in [7, 11) is 0. The number of pyridine rings is 1. The average Bonchev–Trinajstić information content (AvgIpc) is 3.13. The van der Waals surface area contributed by atoms with Crippen LogP contribution in [0.1, 0.15) is 46.5 Å². The monoisotopic (exact) mass is 432 g/mol. The predicted molar refractivity (Wildman–Crippen MR) is 116 cm³/mol. The molecule has 152 valence electrons. The fourth-order valence-electron chi connectivity index (χ4n) is 3.70. The van der Waals surface area contributed by atoms with E-state index in [4.69, 9.17) is 11.6 Å². The maximum absolute atomic E-state index is 12.8. The molecule has 4 rings (SSSR count). The molecule has 2 amide bonds. The second kappa shape index (κ2) is 9.29. The molecule has 0 radical (unpaired) electrons. The highest BCUT2D eigenvalue weighted by atomic mass is 35.5. The van der Waals surface area contributed by atoms with Crippen LogP contribution < -0.4 is 10.6 Å². The molecule has 2 aromatic heterocycles. The molecule has 1 fully saturated rings. The topological polar surface area (TPSA) is 86.9 Å². The van der Waals surface area contributed by atoms with E-state index in [0.717, 1.165) is 36.6 Å². The van der Waals surface area contributed by atoms with Crippen molar-refractivity contribution in [2.75, 3.05) is 0 Å². The fraction of sp³-hybridized carbons (Fsp3) is 0.286. The van der Waals surface area contributed by atoms with Gasteiger partial charge in [0.15, 0.2) is 0 Å². The van der Waals surface area contributed by atoms with Gasteiger partial charge in [0, 0.05) is 46.0 Å². The quantitative estimate of drug-likeness (QED) is 0.579. The molecule has 1 saturated carbocycles. The molecule has 29 heavy (non-hydrogen) atoms. The lowest BCUT2D eigenvalue weighted by Gasteiger charge is -2.32. The molecule has 1 aliphatic carbocycles. The maximum Gasteiger partial charge on any atom is 0.268 e. The Balaban J connectivity index is 0.00000240. The summed E-state index contributed by atoms with van der Waals surface area (Å²) in [5.74, 6) is -0.323. The molecule has 3 N–H and O–H groups in total. The summed E-state index contributed by atoms with van der Waals surface area (Å²) >= 11 is 6.02. The van der Waals surface area contributed by atoms with Crippen LogP contribution in [0.3, 0.4) is 0 Å². The van der Waals surface area contributed by atoms with E-state index < -0.39 is 0 Å². The first-order valence-electron chi connectivity index (χ1n) is 9.40. The summed E-state index contributed by atoms with van der Waals surface area (Å²) < 4.78 is 0. The number of benzene rings is 1. The molecule has 3 aromatic rings. The lowest BCUT2D eigenvalue weighted by Crippen LogP contribution is -2.53. The Morgan fingerprint density at radius 2 is 1.62 bits per heavy atom. The van der Waals surface area contributed by atoms with Gasteiger partial charge in [0.05, 0.1) is 0 Å². The van der Waals surface area contributed by atoms with Gasteiger partial charge in [-0.2, -0.15) is 0 Å². The Bertz CT molecular complexity index is 1010. The van der Waals surface area contributed by atoms with E-state index in [-0.39, 0.29) is 36.3 Å². The van der Waals surface area contributed by atoms with Crippen molar-refractivity contribution in [1.82, 2.24) is 20.6 Å². The summed E-state index contributed by atoms with van der Waals surface area (Å²) in [5, 5.41) is 7.68. The molecule has 0 aliphatic heterocycles. The van der Waals surface area contributed by atoms with Crippen molar-refractivity contribution in [2.24, 2.45) is 0 Å². The molecule has 0 unspecified atom stereocenters. The van der Waals surface area contributed by atoms with Gasteiger partial charge in [-0.25, -0.2) is 0 Å². The molecule has 6 nitrogen and oxygen atoms in total. The lowest BCUT2D eigenvalue weighted by atomic mass is 9.90. The highest BCUT2D eigenvalue weighted by Crippen LogP contribution is 2.22. The molecule has 2 atom stereocenters. The molecule has 2 heterocycles. The van der Waals surface area contributed by atoms with Crippen LogP contribution in [-0.2, 0) is 0 Å². The first-order chi connectivity index (χ1) is 13.6. The zero-order chi connectivity index (χ0) is 19.5. The molecule has 1 aromatic carbocycles. The number of carbonyl (C=O) groups is 2. The molecule has 0 bridgehead atoms. The minimum atomic E-state index is -0.178. The van der Waals surface area contributed by atoms with Crippen LogP contribution in [0.15, 0.2) is 48.8 Å². The summed E-state index contributed by atoms with van der Waals surface area (Å²) in [4.78, 5) is 32.3. The normalized spacial score (nSPS) is 18.7. The molecular formula is C21H22Cl2N4O2. The van der Waals surface area contributed by atoms with Crippen LogP contribution in [0.4, 0.5) is 0 Å². The van der Waals surface area contributed by atoms with Crippen LogP contribution in [0.25, 0.3) is 10.9 Å². The van der Waals surface area contributed by atoms with Crippen molar-refractivity contribution in [3.63, 3.8) is 0 Å². The predicted octanol–water partition coefficient (Wildman–Crippen LogP) is 4.11. The number of H-pyrrole nitrogens is 1. The lowest BCUT2D eigenvalue weighted by molar-refractivity contribution is 0.0860. The molecule has 0 spiro atoms. The van der Waals surface area contributed by atoms with E-state index in [1.165, 1.54) is 0 Å². The van der Waals surface area contributed by atoms with Crippen molar-refractivity contribution < 1.29 is 9.59 Å². The van der Waals surface area contributed by atoms with Gasteiger partial charge in [0.2, 0.25) is 0 Å². The van der Waals surface area contributed by atoms with Crippen LogP contribution in [-0.4, -0.2) is 33.9 Å². The third-order valence-corrected chi connectivity index (χ3v) is 5.40. The zero-order valence-corrected chi connectivity index (χ0v) is 17.2.